The molecule has 1 fully saturated rings. The highest BCUT2D eigenvalue weighted by Gasteiger charge is 2.37. The fraction of sp³-hybridized carbons (Fsp3) is 0.765. The Balaban J connectivity index is 1.82. The lowest BCUT2D eigenvalue weighted by Crippen LogP contribution is -2.26. The Morgan fingerprint density at radius 2 is 2.00 bits per heavy atom. The summed E-state index contributed by atoms with van der Waals surface area (Å²) in [5.74, 6) is 1.00. The van der Waals surface area contributed by atoms with Crippen LogP contribution in [0, 0.1) is 16.7 Å². The molecule has 3 nitrogen and oxygen atoms in total. The molecule has 1 unspecified atom stereocenters. The second kappa shape index (κ2) is 4.80. The van der Waals surface area contributed by atoms with E-state index in [-0.39, 0.29) is 11.2 Å². The summed E-state index contributed by atoms with van der Waals surface area (Å²) in [7, 11) is 0. The van der Waals surface area contributed by atoms with Crippen LogP contribution in [0.25, 0.3) is 0 Å². The molecule has 0 radical (unpaired) electrons. The number of ketones is 1. The lowest BCUT2D eigenvalue weighted by Gasteiger charge is -2.27. The molecule has 1 atom stereocenters. The molecule has 1 saturated heterocycles. The smallest absolute Gasteiger partial charge is 0.186 e. The van der Waals surface area contributed by atoms with Gasteiger partial charge in [-0.05, 0) is 29.6 Å². The molecule has 1 aromatic heterocycles. The van der Waals surface area contributed by atoms with Gasteiger partial charge < -0.3 is 4.90 Å². The van der Waals surface area contributed by atoms with E-state index in [1.165, 1.54) is 6.42 Å². The molecule has 0 bridgehead atoms. The minimum atomic E-state index is 0.0639. The van der Waals surface area contributed by atoms with Gasteiger partial charge in [-0.2, -0.15) is 0 Å². The second-order valence-corrected chi connectivity index (χ2v) is 9.49. The third kappa shape index (κ3) is 2.87. The normalized spacial score (nSPS) is 25.3. The zero-order chi connectivity index (χ0) is 15.4. The molecule has 0 aromatic carbocycles. The SMILES string of the molecule is CC1(C)CC(=O)c2sc(N3CCC(C(C)(C)C)C3)nc2C1. The van der Waals surface area contributed by atoms with Crippen LogP contribution < -0.4 is 4.90 Å². The second-order valence-electron chi connectivity index (χ2n) is 8.51. The highest BCUT2D eigenvalue weighted by molar-refractivity contribution is 7.17. The number of hydrogen-bond donors (Lipinski definition) is 0. The first-order valence-corrected chi connectivity index (χ1v) is 8.75. The van der Waals surface area contributed by atoms with Crippen molar-refractivity contribution in [3.63, 3.8) is 0 Å². The van der Waals surface area contributed by atoms with Crippen LogP contribution in [0.5, 0.6) is 0 Å². The van der Waals surface area contributed by atoms with E-state index in [1.54, 1.807) is 11.3 Å². The first-order chi connectivity index (χ1) is 9.66. The Morgan fingerprint density at radius 3 is 2.62 bits per heavy atom. The zero-order valence-electron chi connectivity index (χ0n) is 13.8. The van der Waals surface area contributed by atoms with E-state index in [1.807, 2.05) is 0 Å². The topological polar surface area (TPSA) is 33.2 Å². The number of rotatable bonds is 1. The number of aromatic nitrogens is 1. The Bertz CT molecular complexity index is 568. The van der Waals surface area contributed by atoms with Gasteiger partial charge in [0.25, 0.3) is 0 Å². The van der Waals surface area contributed by atoms with Gasteiger partial charge in [0, 0.05) is 19.5 Å². The molecule has 4 heteroatoms. The summed E-state index contributed by atoms with van der Waals surface area (Å²) in [6.07, 6.45) is 2.82. The van der Waals surface area contributed by atoms with Gasteiger partial charge >= 0.3 is 0 Å². The highest BCUT2D eigenvalue weighted by Crippen LogP contribution is 2.41. The molecule has 3 rings (SSSR count). The Hall–Kier alpha value is -0.900. The first-order valence-electron chi connectivity index (χ1n) is 7.94. The van der Waals surface area contributed by atoms with Gasteiger partial charge in [0.05, 0.1) is 10.6 Å². The summed E-state index contributed by atoms with van der Waals surface area (Å²) in [5, 5.41) is 1.07. The standard InChI is InChI=1S/C17H26N2OS/c1-16(2,3)11-6-7-19(10-11)15-18-12-8-17(4,5)9-13(20)14(12)21-15/h11H,6-10H2,1-5H3. The maximum Gasteiger partial charge on any atom is 0.186 e. The predicted molar refractivity (Wildman–Crippen MR) is 88.3 cm³/mol. The Kier molecular flexibility index (Phi) is 3.43. The summed E-state index contributed by atoms with van der Waals surface area (Å²) >= 11 is 1.62. The van der Waals surface area contributed by atoms with Crippen molar-refractivity contribution in [1.29, 1.82) is 0 Å². The number of carbonyl (C=O) groups is 1. The van der Waals surface area contributed by atoms with E-state index in [4.69, 9.17) is 4.98 Å². The molecular formula is C17H26N2OS. The van der Waals surface area contributed by atoms with Gasteiger partial charge in [-0.25, -0.2) is 4.98 Å². The van der Waals surface area contributed by atoms with E-state index < -0.39 is 0 Å². The molecule has 2 heterocycles. The van der Waals surface area contributed by atoms with Gasteiger partial charge in [0.1, 0.15) is 0 Å². The third-order valence-electron chi connectivity index (χ3n) is 4.91. The molecule has 2 aliphatic rings. The zero-order valence-corrected chi connectivity index (χ0v) is 14.6. The highest BCUT2D eigenvalue weighted by atomic mass is 32.1. The molecule has 0 amide bonds. The van der Waals surface area contributed by atoms with Gasteiger partial charge in [-0.3, -0.25) is 4.79 Å². The maximum atomic E-state index is 12.3. The number of thiazole rings is 1. The summed E-state index contributed by atoms with van der Waals surface area (Å²) in [6.45, 7) is 13.4. The van der Waals surface area contributed by atoms with Crippen molar-refractivity contribution in [2.75, 3.05) is 18.0 Å². The van der Waals surface area contributed by atoms with Crippen molar-refractivity contribution in [3.8, 4) is 0 Å². The molecule has 1 aliphatic heterocycles. The number of fused-ring (bicyclic) bond motifs is 1. The fourth-order valence-corrected chi connectivity index (χ4v) is 4.54. The largest absolute Gasteiger partial charge is 0.348 e. The van der Waals surface area contributed by atoms with Crippen molar-refractivity contribution in [1.82, 2.24) is 4.98 Å². The summed E-state index contributed by atoms with van der Waals surface area (Å²) in [5.41, 5.74) is 1.45. The van der Waals surface area contributed by atoms with E-state index in [0.29, 0.717) is 17.8 Å². The molecule has 0 N–H and O–H groups in total. The van der Waals surface area contributed by atoms with Crippen molar-refractivity contribution < 1.29 is 4.79 Å². The van der Waals surface area contributed by atoms with Crippen LogP contribution in [0.1, 0.15) is 62.8 Å². The molecule has 21 heavy (non-hydrogen) atoms. The fourth-order valence-electron chi connectivity index (χ4n) is 3.48. The minimum absolute atomic E-state index is 0.0639. The number of hydrogen-bond acceptors (Lipinski definition) is 4. The first kappa shape index (κ1) is 15.0. The number of nitrogens with zero attached hydrogens (tertiary/aromatic N) is 2. The van der Waals surface area contributed by atoms with Crippen LogP contribution >= 0.6 is 11.3 Å². The van der Waals surface area contributed by atoms with Crippen LogP contribution in [0.3, 0.4) is 0 Å². The molecule has 1 aliphatic carbocycles. The Labute approximate surface area is 131 Å². The average molecular weight is 306 g/mol. The van der Waals surface area contributed by atoms with Crippen molar-refractivity contribution in [2.24, 2.45) is 16.7 Å². The van der Waals surface area contributed by atoms with Crippen LogP contribution in [0.2, 0.25) is 0 Å². The van der Waals surface area contributed by atoms with E-state index in [9.17, 15) is 4.79 Å². The quantitative estimate of drug-likeness (QED) is 0.780. The molecule has 1 aromatic rings. The summed E-state index contributed by atoms with van der Waals surface area (Å²) in [4.78, 5) is 20.4. The van der Waals surface area contributed by atoms with Crippen LogP contribution in [-0.2, 0) is 6.42 Å². The van der Waals surface area contributed by atoms with Crippen molar-refractivity contribution in [2.45, 2.75) is 53.9 Å². The van der Waals surface area contributed by atoms with Gasteiger partial charge in [0.2, 0.25) is 0 Å². The Morgan fingerprint density at radius 1 is 1.29 bits per heavy atom. The lowest BCUT2D eigenvalue weighted by molar-refractivity contribution is 0.0916. The van der Waals surface area contributed by atoms with Gasteiger partial charge in [-0.15, -0.1) is 0 Å². The molecule has 0 saturated carbocycles. The van der Waals surface area contributed by atoms with Gasteiger partial charge in [-0.1, -0.05) is 46.0 Å². The van der Waals surface area contributed by atoms with Crippen LogP contribution in [0.15, 0.2) is 0 Å². The van der Waals surface area contributed by atoms with Crippen LogP contribution in [0.4, 0.5) is 5.13 Å². The maximum absolute atomic E-state index is 12.3. The molecule has 116 valence electrons. The predicted octanol–water partition coefficient (Wildman–Crippen LogP) is 4.17. The minimum Gasteiger partial charge on any atom is -0.348 e. The average Bonchev–Trinajstić information content (AvgIpc) is 2.90. The van der Waals surface area contributed by atoms with Crippen LogP contribution in [-0.4, -0.2) is 23.9 Å². The van der Waals surface area contributed by atoms with E-state index >= 15 is 0 Å². The lowest BCUT2D eigenvalue weighted by atomic mass is 9.78. The monoisotopic (exact) mass is 306 g/mol. The van der Waals surface area contributed by atoms with E-state index in [2.05, 4.69) is 39.5 Å². The number of anilines is 1. The molecular weight excluding hydrogens is 280 g/mol. The third-order valence-corrected chi connectivity index (χ3v) is 6.11. The van der Waals surface area contributed by atoms with E-state index in [0.717, 1.165) is 35.2 Å². The molecule has 0 spiro atoms. The van der Waals surface area contributed by atoms with Crippen molar-refractivity contribution in [3.05, 3.63) is 10.6 Å². The number of Topliss-reactive ketones (excluding diaryl/α,β-unsaturated/α-hetero) is 1. The van der Waals surface area contributed by atoms with Crippen molar-refractivity contribution >= 4 is 22.3 Å². The number of carbonyl (C=O) groups excluding carboxylic acids is 1. The summed E-state index contributed by atoms with van der Waals surface area (Å²) in [6, 6.07) is 0. The summed E-state index contributed by atoms with van der Waals surface area (Å²) < 4.78 is 0. The van der Waals surface area contributed by atoms with Gasteiger partial charge in [0.15, 0.2) is 10.9 Å².